The van der Waals surface area contributed by atoms with Gasteiger partial charge in [-0.15, -0.1) is 0 Å². The summed E-state index contributed by atoms with van der Waals surface area (Å²) in [6.45, 7) is 5.55. The normalized spacial score (nSPS) is 12.9. The summed E-state index contributed by atoms with van der Waals surface area (Å²) in [6.07, 6.45) is -4.39. The first kappa shape index (κ1) is 15.3. The van der Waals surface area contributed by atoms with Gasteiger partial charge in [0.15, 0.2) is 0 Å². The van der Waals surface area contributed by atoms with Crippen molar-refractivity contribution in [1.29, 1.82) is 0 Å². The molecule has 0 aliphatic heterocycles. The van der Waals surface area contributed by atoms with Crippen LogP contribution in [0.2, 0.25) is 0 Å². The Balaban J connectivity index is 2.91. The average Bonchev–Trinajstić information content (AvgIpc) is 2.30. The summed E-state index contributed by atoms with van der Waals surface area (Å²) in [5.74, 6) is -0.251. The van der Waals surface area contributed by atoms with Crippen molar-refractivity contribution in [3.05, 3.63) is 29.3 Å². The van der Waals surface area contributed by atoms with Gasteiger partial charge in [0.05, 0.1) is 5.56 Å². The number of hydrogen-bond acceptors (Lipinski definition) is 2. The molecule has 1 rings (SSSR count). The van der Waals surface area contributed by atoms with E-state index in [1.165, 1.54) is 6.07 Å². The lowest BCUT2D eigenvalue weighted by Crippen LogP contribution is -2.37. The molecular formula is C13H17F3N2O. The van der Waals surface area contributed by atoms with E-state index in [1.807, 2.05) is 0 Å². The maximum absolute atomic E-state index is 12.6. The number of carbonyl (C=O) groups excluding carboxylic acids is 1. The molecule has 2 N–H and O–H groups in total. The molecule has 0 aromatic heterocycles. The fourth-order valence-corrected chi connectivity index (χ4v) is 1.58. The maximum atomic E-state index is 12.6. The second kappa shape index (κ2) is 5.95. The molecule has 0 heterocycles. The first-order valence-electron chi connectivity index (χ1n) is 5.97. The molecule has 0 aliphatic rings. The van der Waals surface area contributed by atoms with Crippen molar-refractivity contribution in [2.45, 2.75) is 33.0 Å². The van der Waals surface area contributed by atoms with Gasteiger partial charge < -0.3 is 10.6 Å². The number of anilines is 1. The zero-order valence-corrected chi connectivity index (χ0v) is 11.1. The molecule has 0 fully saturated rings. The van der Waals surface area contributed by atoms with E-state index in [0.717, 1.165) is 12.1 Å². The summed E-state index contributed by atoms with van der Waals surface area (Å²) in [4.78, 5) is 11.5. The lowest BCUT2D eigenvalue weighted by molar-refractivity contribution is -0.137. The van der Waals surface area contributed by atoms with Crippen LogP contribution in [0.4, 0.5) is 18.9 Å². The predicted octanol–water partition coefficient (Wildman–Crippen LogP) is 2.95. The number of carbonyl (C=O) groups is 1. The monoisotopic (exact) mass is 274 g/mol. The van der Waals surface area contributed by atoms with Crippen molar-refractivity contribution in [3.8, 4) is 0 Å². The fourth-order valence-electron chi connectivity index (χ4n) is 1.58. The molecule has 0 radical (unpaired) electrons. The highest BCUT2D eigenvalue weighted by molar-refractivity contribution is 5.84. The number of halogens is 3. The third-order valence-electron chi connectivity index (χ3n) is 2.68. The van der Waals surface area contributed by atoms with E-state index in [4.69, 9.17) is 0 Å². The van der Waals surface area contributed by atoms with Gasteiger partial charge in [-0.25, -0.2) is 0 Å². The summed E-state index contributed by atoms with van der Waals surface area (Å²) >= 11 is 0. The van der Waals surface area contributed by atoms with Crippen LogP contribution < -0.4 is 10.6 Å². The molecule has 3 nitrogen and oxygen atoms in total. The van der Waals surface area contributed by atoms with Gasteiger partial charge in [-0.1, -0.05) is 6.07 Å². The molecule has 1 aromatic rings. The summed E-state index contributed by atoms with van der Waals surface area (Å²) in [5.41, 5.74) is 0.237. The van der Waals surface area contributed by atoms with Crippen molar-refractivity contribution in [2.24, 2.45) is 0 Å². The van der Waals surface area contributed by atoms with E-state index in [-0.39, 0.29) is 5.91 Å². The highest BCUT2D eigenvalue weighted by Gasteiger charge is 2.31. The summed E-state index contributed by atoms with van der Waals surface area (Å²) in [5, 5.41) is 5.40. The Morgan fingerprint density at radius 3 is 2.53 bits per heavy atom. The summed E-state index contributed by atoms with van der Waals surface area (Å²) in [7, 11) is 0. The number of amides is 1. The maximum Gasteiger partial charge on any atom is 0.416 e. The van der Waals surface area contributed by atoms with E-state index < -0.39 is 17.8 Å². The molecular weight excluding hydrogens is 257 g/mol. The topological polar surface area (TPSA) is 41.1 Å². The van der Waals surface area contributed by atoms with Crippen LogP contribution in [0, 0.1) is 6.92 Å². The average molecular weight is 274 g/mol. The Hall–Kier alpha value is -1.72. The van der Waals surface area contributed by atoms with Gasteiger partial charge in [-0.3, -0.25) is 4.79 Å². The van der Waals surface area contributed by atoms with Gasteiger partial charge in [0.25, 0.3) is 0 Å². The van der Waals surface area contributed by atoms with Crippen LogP contribution in [0.3, 0.4) is 0 Å². The van der Waals surface area contributed by atoms with Crippen LogP contribution in [-0.2, 0) is 11.0 Å². The highest BCUT2D eigenvalue weighted by atomic mass is 19.4. The Morgan fingerprint density at radius 2 is 2.00 bits per heavy atom. The Kier molecular flexibility index (Phi) is 4.80. The third-order valence-corrected chi connectivity index (χ3v) is 2.68. The number of nitrogens with one attached hydrogen (secondary N) is 2. The molecule has 1 aromatic carbocycles. The van der Waals surface area contributed by atoms with Crippen LogP contribution in [-0.4, -0.2) is 18.5 Å². The number of rotatable bonds is 4. The van der Waals surface area contributed by atoms with E-state index >= 15 is 0 Å². The molecule has 0 aliphatic carbocycles. The van der Waals surface area contributed by atoms with Gasteiger partial charge in [0.1, 0.15) is 6.04 Å². The van der Waals surface area contributed by atoms with Gasteiger partial charge in [-0.2, -0.15) is 13.2 Å². The van der Waals surface area contributed by atoms with Gasteiger partial charge in [0, 0.05) is 12.2 Å². The third kappa shape index (κ3) is 4.15. The number of aryl methyl sites for hydroxylation is 1. The van der Waals surface area contributed by atoms with E-state index in [9.17, 15) is 18.0 Å². The Bertz CT molecular complexity index is 458. The summed E-state index contributed by atoms with van der Waals surface area (Å²) < 4.78 is 37.8. The van der Waals surface area contributed by atoms with Crippen LogP contribution in [0.5, 0.6) is 0 Å². The molecule has 1 atom stereocenters. The SMILES string of the molecule is CCNC(=O)C(C)Nc1cc(C(F)(F)F)ccc1C. The van der Waals surface area contributed by atoms with Crippen molar-refractivity contribution < 1.29 is 18.0 Å². The fraction of sp³-hybridized carbons (Fsp3) is 0.462. The van der Waals surface area contributed by atoms with Crippen molar-refractivity contribution in [1.82, 2.24) is 5.32 Å². The highest BCUT2D eigenvalue weighted by Crippen LogP contribution is 2.32. The number of benzene rings is 1. The van der Waals surface area contributed by atoms with E-state index in [0.29, 0.717) is 17.8 Å². The van der Waals surface area contributed by atoms with Crippen molar-refractivity contribution in [2.75, 3.05) is 11.9 Å². The molecule has 106 valence electrons. The number of likely N-dealkylation sites (N-methyl/N-ethyl adjacent to an activating group) is 1. The zero-order chi connectivity index (χ0) is 14.6. The van der Waals surface area contributed by atoms with Gasteiger partial charge in [-0.05, 0) is 38.5 Å². The first-order chi connectivity index (χ1) is 8.75. The lowest BCUT2D eigenvalue weighted by Gasteiger charge is -2.18. The largest absolute Gasteiger partial charge is 0.416 e. The van der Waals surface area contributed by atoms with Crippen molar-refractivity contribution in [3.63, 3.8) is 0 Å². The molecule has 6 heteroatoms. The zero-order valence-electron chi connectivity index (χ0n) is 11.1. The number of hydrogen-bond donors (Lipinski definition) is 2. The minimum atomic E-state index is -4.39. The first-order valence-corrected chi connectivity index (χ1v) is 5.97. The molecule has 1 amide bonds. The lowest BCUT2D eigenvalue weighted by atomic mass is 10.1. The van der Waals surface area contributed by atoms with Crippen LogP contribution >= 0.6 is 0 Å². The molecule has 19 heavy (non-hydrogen) atoms. The van der Waals surface area contributed by atoms with Crippen LogP contribution in [0.15, 0.2) is 18.2 Å². The smallest absolute Gasteiger partial charge is 0.374 e. The molecule has 0 saturated heterocycles. The molecule has 1 unspecified atom stereocenters. The minimum absolute atomic E-state index is 0.251. The second-order valence-electron chi connectivity index (χ2n) is 4.29. The second-order valence-corrected chi connectivity index (χ2v) is 4.29. The quantitative estimate of drug-likeness (QED) is 0.886. The molecule has 0 spiro atoms. The molecule has 0 saturated carbocycles. The van der Waals surface area contributed by atoms with Gasteiger partial charge >= 0.3 is 6.18 Å². The number of alkyl halides is 3. The standard InChI is InChI=1S/C13H17F3N2O/c1-4-17-12(19)9(3)18-11-7-10(13(14,15)16)6-5-8(11)2/h5-7,9,18H,4H2,1-3H3,(H,17,19). The Labute approximate surface area is 110 Å². The predicted molar refractivity (Wildman–Crippen MR) is 67.9 cm³/mol. The van der Waals surface area contributed by atoms with Crippen molar-refractivity contribution >= 4 is 11.6 Å². The Morgan fingerprint density at radius 1 is 1.37 bits per heavy atom. The minimum Gasteiger partial charge on any atom is -0.374 e. The van der Waals surface area contributed by atoms with Crippen LogP contribution in [0.25, 0.3) is 0 Å². The van der Waals surface area contributed by atoms with E-state index in [2.05, 4.69) is 10.6 Å². The molecule has 0 bridgehead atoms. The van der Waals surface area contributed by atoms with E-state index in [1.54, 1.807) is 20.8 Å². The summed E-state index contributed by atoms with van der Waals surface area (Å²) in [6, 6.07) is 2.83. The van der Waals surface area contributed by atoms with Gasteiger partial charge in [0.2, 0.25) is 5.91 Å². The van der Waals surface area contributed by atoms with Crippen LogP contribution in [0.1, 0.15) is 25.0 Å².